The highest BCUT2D eigenvalue weighted by Crippen LogP contribution is 2.23. The van der Waals surface area contributed by atoms with Crippen LogP contribution in [0.2, 0.25) is 0 Å². The van der Waals surface area contributed by atoms with Crippen molar-refractivity contribution in [1.82, 2.24) is 4.98 Å². The first-order valence-electron chi connectivity index (χ1n) is 4.32. The van der Waals surface area contributed by atoms with Crippen LogP contribution in [-0.2, 0) is 6.54 Å². The maximum Gasteiger partial charge on any atom is 0.355 e. The predicted octanol–water partition coefficient (Wildman–Crippen LogP) is 3.28. The SMILES string of the molecule is O=C(O)c1csc(NCc2ccc(Br)s2)n1. The molecule has 0 aliphatic rings. The number of carboxylic acids is 1. The molecule has 2 N–H and O–H groups in total. The lowest BCUT2D eigenvalue weighted by molar-refractivity contribution is 0.0691. The van der Waals surface area contributed by atoms with Crippen molar-refractivity contribution < 1.29 is 9.90 Å². The molecule has 0 saturated carbocycles. The summed E-state index contributed by atoms with van der Waals surface area (Å²) in [6.45, 7) is 0.656. The molecule has 16 heavy (non-hydrogen) atoms. The van der Waals surface area contributed by atoms with Gasteiger partial charge >= 0.3 is 5.97 Å². The number of aromatic nitrogens is 1. The van der Waals surface area contributed by atoms with Crippen LogP contribution in [0.1, 0.15) is 15.4 Å². The molecule has 2 aromatic heterocycles. The van der Waals surface area contributed by atoms with E-state index < -0.39 is 5.97 Å². The largest absolute Gasteiger partial charge is 0.476 e. The molecule has 0 unspecified atom stereocenters. The van der Waals surface area contributed by atoms with Crippen molar-refractivity contribution in [3.63, 3.8) is 0 Å². The monoisotopic (exact) mass is 318 g/mol. The lowest BCUT2D eigenvalue weighted by Crippen LogP contribution is -1.99. The van der Waals surface area contributed by atoms with Gasteiger partial charge in [0, 0.05) is 10.3 Å². The maximum absolute atomic E-state index is 10.6. The summed E-state index contributed by atoms with van der Waals surface area (Å²) >= 11 is 6.31. The van der Waals surface area contributed by atoms with Crippen LogP contribution in [0, 0.1) is 0 Å². The molecule has 0 saturated heterocycles. The van der Waals surface area contributed by atoms with E-state index in [0.29, 0.717) is 11.7 Å². The standard InChI is InChI=1S/C9H7BrN2O2S2/c10-7-2-1-5(16-7)3-11-9-12-6(4-15-9)8(13)14/h1-2,4H,3H2,(H,11,12)(H,13,14). The Balaban J connectivity index is 1.97. The third-order valence-corrected chi connectivity index (χ3v) is 4.19. The van der Waals surface area contributed by atoms with E-state index in [1.807, 2.05) is 12.1 Å². The number of carbonyl (C=O) groups is 1. The van der Waals surface area contributed by atoms with E-state index in [-0.39, 0.29) is 5.69 Å². The van der Waals surface area contributed by atoms with E-state index in [2.05, 4.69) is 26.2 Å². The summed E-state index contributed by atoms with van der Waals surface area (Å²) in [4.78, 5) is 15.7. The summed E-state index contributed by atoms with van der Waals surface area (Å²) < 4.78 is 1.08. The van der Waals surface area contributed by atoms with E-state index in [0.717, 1.165) is 3.79 Å². The number of aromatic carboxylic acids is 1. The highest BCUT2D eigenvalue weighted by Gasteiger charge is 2.08. The molecule has 0 spiro atoms. The zero-order chi connectivity index (χ0) is 11.5. The van der Waals surface area contributed by atoms with Crippen LogP contribution >= 0.6 is 38.6 Å². The van der Waals surface area contributed by atoms with Gasteiger partial charge in [0.15, 0.2) is 10.8 Å². The summed E-state index contributed by atoms with van der Waals surface area (Å²) in [6, 6.07) is 3.99. The van der Waals surface area contributed by atoms with Gasteiger partial charge in [-0.25, -0.2) is 9.78 Å². The van der Waals surface area contributed by atoms with Gasteiger partial charge in [0.2, 0.25) is 0 Å². The Kier molecular flexibility index (Phi) is 3.57. The molecule has 2 rings (SSSR count). The number of anilines is 1. The summed E-state index contributed by atoms with van der Waals surface area (Å²) in [5, 5.41) is 13.9. The molecule has 2 heterocycles. The van der Waals surface area contributed by atoms with Crippen LogP contribution in [-0.4, -0.2) is 16.1 Å². The number of thiophene rings is 1. The lowest BCUT2D eigenvalue weighted by atomic mass is 10.5. The van der Waals surface area contributed by atoms with E-state index in [1.54, 1.807) is 11.3 Å². The summed E-state index contributed by atoms with van der Waals surface area (Å²) in [7, 11) is 0. The van der Waals surface area contributed by atoms with Crippen molar-refractivity contribution in [3.8, 4) is 0 Å². The average Bonchev–Trinajstić information content (AvgIpc) is 2.83. The zero-order valence-corrected chi connectivity index (χ0v) is 11.2. The first-order chi connectivity index (χ1) is 7.65. The first kappa shape index (κ1) is 11.6. The summed E-state index contributed by atoms with van der Waals surface area (Å²) in [5.74, 6) is -0.997. The Morgan fingerprint density at radius 3 is 2.94 bits per heavy atom. The molecule has 0 bridgehead atoms. The smallest absolute Gasteiger partial charge is 0.355 e. The predicted molar refractivity (Wildman–Crippen MR) is 68.4 cm³/mol. The van der Waals surface area contributed by atoms with Crippen LogP contribution in [0.5, 0.6) is 0 Å². The Hall–Kier alpha value is -0.920. The second kappa shape index (κ2) is 4.94. The van der Waals surface area contributed by atoms with Crippen LogP contribution in [0.15, 0.2) is 21.3 Å². The fourth-order valence-electron chi connectivity index (χ4n) is 1.06. The number of halogens is 1. The van der Waals surface area contributed by atoms with Crippen molar-refractivity contribution in [3.05, 3.63) is 31.9 Å². The zero-order valence-electron chi connectivity index (χ0n) is 7.94. The highest BCUT2D eigenvalue weighted by molar-refractivity contribution is 9.11. The Labute approximate surface area is 108 Å². The van der Waals surface area contributed by atoms with Crippen LogP contribution in [0.25, 0.3) is 0 Å². The van der Waals surface area contributed by atoms with Crippen LogP contribution in [0.4, 0.5) is 5.13 Å². The highest BCUT2D eigenvalue weighted by atomic mass is 79.9. The molecule has 4 nitrogen and oxygen atoms in total. The number of nitrogens with zero attached hydrogens (tertiary/aromatic N) is 1. The van der Waals surface area contributed by atoms with Gasteiger partial charge in [-0.05, 0) is 28.1 Å². The Morgan fingerprint density at radius 1 is 1.56 bits per heavy atom. The fourth-order valence-corrected chi connectivity index (χ4v) is 3.17. The van der Waals surface area contributed by atoms with E-state index >= 15 is 0 Å². The maximum atomic E-state index is 10.6. The first-order valence-corrected chi connectivity index (χ1v) is 6.81. The molecule has 0 atom stereocenters. The minimum absolute atomic E-state index is 0.0832. The van der Waals surface area contributed by atoms with E-state index in [9.17, 15) is 4.79 Å². The Morgan fingerprint density at radius 2 is 2.38 bits per heavy atom. The number of hydrogen-bond acceptors (Lipinski definition) is 5. The molecule has 7 heteroatoms. The molecule has 0 radical (unpaired) electrons. The lowest BCUT2D eigenvalue weighted by Gasteiger charge is -1.98. The van der Waals surface area contributed by atoms with Crippen LogP contribution in [0.3, 0.4) is 0 Å². The average molecular weight is 319 g/mol. The number of carboxylic acid groups (broad SMARTS) is 1. The number of nitrogens with one attached hydrogen (secondary N) is 1. The van der Waals surface area contributed by atoms with Crippen molar-refractivity contribution in [1.29, 1.82) is 0 Å². The van der Waals surface area contributed by atoms with Crippen molar-refractivity contribution in [2.24, 2.45) is 0 Å². The quantitative estimate of drug-likeness (QED) is 0.908. The third-order valence-electron chi connectivity index (χ3n) is 1.77. The van der Waals surface area contributed by atoms with Crippen molar-refractivity contribution in [2.45, 2.75) is 6.54 Å². The molecule has 0 aliphatic heterocycles. The van der Waals surface area contributed by atoms with Gasteiger partial charge in [-0.2, -0.15) is 0 Å². The topological polar surface area (TPSA) is 62.2 Å². The molecular weight excluding hydrogens is 312 g/mol. The Bertz CT molecular complexity index is 509. The van der Waals surface area contributed by atoms with Gasteiger partial charge in [-0.15, -0.1) is 22.7 Å². The summed E-state index contributed by atoms with van der Waals surface area (Å²) in [5.41, 5.74) is 0.0832. The molecule has 0 aromatic carbocycles. The normalized spacial score (nSPS) is 10.3. The van der Waals surface area contributed by atoms with E-state index in [1.165, 1.54) is 21.6 Å². The molecular formula is C9H7BrN2O2S2. The number of rotatable bonds is 4. The number of hydrogen-bond donors (Lipinski definition) is 2. The second-order valence-corrected chi connectivity index (χ2v) is 6.31. The van der Waals surface area contributed by atoms with Gasteiger partial charge in [0.05, 0.1) is 10.3 Å². The fraction of sp³-hybridized carbons (Fsp3) is 0.111. The van der Waals surface area contributed by atoms with Gasteiger partial charge in [-0.1, -0.05) is 0 Å². The molecule has 2 aromatic rings. The van der Waals surface area contributed by atoms with Gasteiger partial charge < -0.3 is 10.4 Å². The molecule has 0 fully saturated rings. The molecule has 0 amide bonds. The summed E-state index contributed by atoms with van der Waals surface area (Å²) in [6.07, 6.45) is 0. The minimum atomic E-state index is -0.997. The molecule has 0 aliphatic carbocycles. The van der Waals surface area contributed by atoms with Crippen LogP contribution < -0.4 is 5.32 Å². The van der Waals surface area contributed by atoms with Gasteiger partial charge in [0.1, 0.15) is 0 Å². The second-order valence-electron chi connectivity index (χ2n) is 2.90. The number of thiazole rings is 1. The molecule has 84 valence electrons. The van der Waals surface area contributed by atoms with Crippen molar-refractivity contribution in [2.75, 3.05) is 5.32 Å². The van der Waals surface area contributed by atoms with Gasteiger partial charge in [-0.3, -0.25) is 0 Å². The van der Waals surface area contributed by atoms with Gasteiger partial charge in [0.25, 0.3) is 0 Å². The van der Waals surface area contributed by atoms with E-state index in [4.69, 9.17) is 5.11 Å². The minimum Gasteiger partial charge on any atom is -0.476 e. The van der Waals surface area contributed by atoms with Crippen molar-refractivity contribution >= 4 is 49.7 Å². The third kappa shape index (κ3) is 2.81.